The van der Waals surface area contributed by atoms with Gasteiger partial charge in [-0.3, -0.25) is 9.59 Å². The first-order chi connectivity index (χ1) is 11.6. The number of carbonyl (C=O) groups excluding carboxylic acids is 1. The number of nitrogens with zero attached hydrogens (tertiary/aromatic N) is 3. The van der Waals surface area contributed by atoms with E-state index >= 15 is 0 Å². The maximum atomic E-state index is 12.7. The SMILES string of the molecule is Cc1nc(-c2c[nH]c(C(=O)N3CCc4n[nH]c(=O)cc4C3)c2)cs1. The highest BCUT2D eigenvalue weighted by Gasteiger charge is 2.24. The quantitative estimate of drug-likeness (QED) is 0.742. The molecule has 2 N–H and O–H groups in total. The van der Waals surface area contributed by atoms with Crippen molar-refractivity contribution in [1.82, 2.24) is 25.1 Å². The third-order valence-electron chi connectivity index (χ3n) is 4.07. The van der Waals surface area contributed by atoms with E-state index in [4.69, 9.17) is 0 Å². The number of thiazole rings is 1. The van der Waals surface area contributed by atoms with Gasteiger partial charge in [0, 0.05) is 48.3 Å². The van der Waals surface area contributed by atoms with Gasteiger partial charge in [0.05, 0.1) is 16.4 Å². The lowest BCUT2D eigenvalue weighted by Crippen LogP contribution is -2.37. The van der Waals surface area contributed by atoms with Crippen LogP contribution in [0.25, 0.3) is 11.3 Å². The molecule has 122 valence electrons. The number of aromatic amines is 2. The Balaban J connectivity index is 1.56. The first-order valence-electron chi connectivity index (χ1n) is 7.58. The monoisotopic (exact) mass is 341 g/mol. The van der Waals surface area contributed by atoms with Crippen LogP contribution in [0.2, 0.25) is 0 Å². The highest BCUT2D eigenvalue weighted by molar-refractivity contribution is 7.09. The number of amides is 1. The smallest absolute Gasteiger partial charge is 0.270 e. The van der Waals surface area contributed by atoms with Gasteiger partial charge in [-0.05, 0) is 13.0 Å². The molecule has 0 radical (unpaired) electrons. The van der Waals surface area contributed by atoms with Crippen LogP contribution in [-0.4, -0.2) is 37.5 Å². The fourth-order valence-corrected chi connectivity index (χ4v) is 3.47. The minimum Gasteiger partial charge on any atom is -0.357 e. The van der Waals surface area contributed by atoms with Crippen LogP contribution in [0.4, 0.5) is 0 Å². The van der Waals surface area contributed by atoms with Crippen LogP contribution in [0, 0.1) is 6.92 Å². The van der Waals surface area contributed by atoms with Crippen molar-refractivity contribution in [3.8, 4) is 11.3 Å². The van der Waals surface area contributed by atoms with Gasteiger partial charge in [0.2, 0.25) is 0 Å². The molecule has 8 heteroatoms. The summed E-state index contributed by atoms with van der Waals surface area (Å²) in [5, 5.41) is 9.44. The van der Waals surface area contributed by atoms with Gasteiger partial charge < -0.3 is 9.88 Å². The molecule has 7 nitrogen and oxygen atoms in total. The van der Waals surface area contributed by atoms with Gasteiger partial charge in [0.15, 0.2) is 0 Å². The second-order valence-corrected chi connectivity index (χ2v) is 6.80. The molecule has 3 aromatic heterocycles. The number of aryl methyl sites for hydroxylation is 1. The van der Waals surface area contributed by atoms with Crippen molar-refractivity contribution >= 4 is 17.2 Å². The number of fused-ring (bicyclic) bond motifs is 1. The van der Waals surface area contributed by atoms with Crippen LogP contribution >= 0.6 is 11.3 Å². The van der Waals surface area contributed by atoms with Crippen molar-refractivity contribution in [2.24, 2.45) is 0 Å². The second-order valence-electron chi connectivity index (χ2n) is 5.73. The molecule has 0 spiro atoms. The Morgan fingerprint density at radius 2 is 2.25 bits per heavy atom. The van der Waals surface area contributed by atoms with Crippen LogP contribution in [0.15, 0.2) is 28.5 Å². The van der Waals surface area contributed by atoms with Gasteiger partial charge in [-0.1, -0.05) is 0 Å². The van der Waals surface area contributed by atoms with Crippen LogP contribution in [0.3, 0.4) is 0 Å². The first kappa shape index (κ1) is 14.8. The molecular formula is C16H15N5O2S. The van der Waals surface area contributed by atoms with Gasteiger partial charge in [-0.2, -0.15) is 5.10 Å². The zero-order valence-electron chi connectivity index (χ0n) is 13.0. The van der Waals surface area contributed by atoms with E-state index in [9.17, 15) is 9.59 Å². The number of rotatable bonds is 2. The maximum Gasteiger partial charge on any atom is 0.270 e. The lowest BCUT2D eigenvalue weighted by Gasteiger charge is -2.27. The number of hydrogen-bond acceptors (Lipinski definition) is 5. The lowest BCUT2D eigenvalue weighted by molar-refractivity contribution is 0.0728. The van der Waals surface area contributed by atoms with E-state index in [-0.39, 0.29) is 11.5 Å². The van der Waals surface area contributed by atoms with E-state index in [2.05, 4.69) is 20.2 Å². The molecule has 1 amide bonds. The summed E-state index contributed by atoms with van der Waals surface area (Å²) in [5.74, 6) is -0.0841. The summed E-state index contributed by atoms with van der Waals surface area (Å²) in [4.78, 5) is 33.3. The normalized spacial score (nSPS) is 13.8. The fraction of sp³-hybridized carbons (Fsp3) is 0.250. The molecule has 0 saturated heterocycles. The van der Waals surface area contributed by atoms with Gasteiger partial charge in [0.25, 0.3) is 11.5 Å². The molecule has 4 heterocycles. The van der Waals surface area contributed by atoms with E-state index in [0.29, 0.717) is 25.2 Å². The van der Waals surface area contributed by atoms with Crippen molar-refractivity contribution in [2.45, 2.75) is 19.9 Å². The standard InChI is InChI=1S/C16H15N5O2S/c1-9-18-14(8-24-9)10-4-13(17-6-10)16(23)21-3-2-12-11(7-21)5-15(22)20-19-12/h4-6,8,17H,2-3,7H2,1H3,(H,20,22). The number of aromatic nitrogens is 4. The summed E-state index contributed by atoms with van der Waals surface area (Å²) in [6.45, 7) is 2.93. The fourth-order valence-electron chi connectivity index (χ4n) is 2.85. The summed E-state index contributed by atoms with van der Waals surface area (Å²) >= 11 is 1.58. The Labute approximate surface area is 141 Å². The van der Waals surface area contributed by atoms with Crippen molar-refractivity contribution in [3.05, 3.63) is 56.0 Å². The summed E-state index contributed by atoms with van der Waals surface area (Å²) in [6, 6.07) is 3.34. The molecule has 24 heavy (non-hydrogen) atoms. The Kier molecular flexibility index (Phi) is 3.53. The van der Waals surface area contributed by atoms with Gasteiger partial charge >= 0.3 is 0 Å². The number of hydrogen-bond donors (Lipinski definition) is 2. The molecular weight excluding hydrogens is 326 g/mol. The van der Waals surface area contributed by atoms with Crippen LogP contribution in [-0.2, 0) is 13.0 Å². The Morgan fingerprint density at radius 3 is 3.04 bits per heavy atom. The summed E-state index contributed by atoms with van der Waals surface area (Å²) in [6.07, 6.45) is 2.43. The molecule has 0 bridgehead atoms. The van der Waals surface area contributed by atoms with E-state index < -0.39 is 0 Å². The highest BCUT2D eigenvalue weighted by Crippen LogP contribution is 2.24. The predicted octanol–water partition coefficient (Wildman–Crippen LogP) is 1.73. The number of nitrogens with one attached hydrogen (secondary N) is 2. The van der Waals surface area contributed by atoms with Gasteiger partial charge in [0.1, 0.15) is 5.69 Å². The molecule has 4 rings (SSSR count). The maximum absolute atomic E-state index is 12.7. The number of H-pyrrole nitrogens is 2. The summed E-state index contributed by atoms with van der Waals surface area (Å²) in [7, 11) is 0. The Morgan fingerprint density at radius 1 is 1.38 bits per heavy atom. The highest BCUT2D eigenvalue weighted by atomic mass is 32.1. The second kappa shape index (κ2) is 5.72. The van der Waals surface area contributed by atoms with E-state index in [1.165, 1.54) is 6.07 Å². The van der Waals surface area contributed by atoms with Crippen molar-refractivity contribution in [3.63, 3.8) is 0 Å². The molecule has 0 atom stereocenters. The van der Waals surface area contributed by atoms with E-state index in [1.54, 1.807) is 22.4 Å². The van der Waals surface area contributed by atoms with Gasteiger partial charge in [-0.25, -0.2) is 10.1 Å². The average Bonchev–Trinajstić information content (AvgIpc) is 3.22. The average molecular weight is 341 g/mol. The Bertz CT molecular complexity index is 971. The zero-order valence-corrected chi connectivity index (χ0v) is 13.8. The molecule has 1 aliphatic rings. The van der Waals surface area contributed by atoms with Crippen LogP contribution in [0.5, 0.6) is 0 Å². The summed E-state index contributed by atoms with van der Waals surface area (Å²) in [5.41, 5.74) is 3.70. The third-order valence-corrected chi connectivity index (χ3v) is 4.85. The van der Waals surface area contributed by atoms with Crippen LogP contribution < -0.4 is 5.56 Å². The zero-order chi connectivity index (χ0) is 16.7. The topological polar surface area (TPSA) is 94.7 Å². The molecule has 0 fully saturated rings. The van der Waals surface area contributed by atoms with E-state index in [1.807, 2.05) is 18.4 Å². The van der Waals surface area contributed by atoms with Crippen LogP contribution in [0.1, 0.15) is 26.8 Å². The molecule has 0 saturated carbocycles. The molecule has 0 aliphatic carbocycles. The molecule has 3 aromatic rings. The van der Waals surface area contributed by atoms with Crippen molar-refractivity contribution in [1.29, 1.82) is 0 Å². The van der Waals surface area contributed by atoms with Crippen molar-refractivity contribution < 1.29 is 4.79 Å². The molecule has 0 unspecified atom stereocenters. The minimum absolute atomic E-state index is 0.0841. The Hall–Kier alpha value is -2.74. The minimum atomic E-state index is -0.246. The first-order valence-corrected chi connectivity index (χ1v) is 8.46. The third kappa shape index (κ3) is 2.65. The lowest BCUT2D eigenvalue weighted by atomic mass is 10.1. The van der Waals surface area contributed by atoms with Gasteiger partial charge in [-0.15, -0.1) is 11.3 Å². The summed E-state index contributed by atoms with van der Waals surface area (Å²) < 4.78 is 0. The largest absolute Gasteiger partial charge is 0.357 e. The van der Waals surface area contributed by atoms with E-state index in [0.717, 1.165) is 27.5 Å². The number of carbonyl (C=O) groups is 1. The van der Waals surface area contributed by atoms with Crippen molar-refractivity contribution in [2.75, 3.05) is 6.54 Å². The molecule has 1 aliphatic heterocycles. The predicted molar refractivity (Wildman–Crippen MR) is 89.9 cm³/mol. The molecule has 0 aromatic carbocycles.